The molecule has 0 aromatic heterocycles. The van der Waals surface area contributed by atoms with Crippen molar-refractivity contribution in [3.8, 4) is 0 Å². The van der Waals surface area contributed by atoms with Gasteiger partial charge in [-0.1, -0.05) is 17.7 Å². The number of benzene rings is 2. The summed E-state index contributed by atoms with van der Waals surface area (Å²) in [6.45, 7) is 3.18. The minimum absolute atomic E-state index is 0.214. The quantitative estimate of drug-likeness (QED) is 0.813. The summed E-state index contributed by atoms with van der Waals surface area (Å²) in [5.41, 5.74) is 2.86. The van der Waals surface area contributed by atoms with E-state index in [1.807, 2.05) is 6.92 Å². The zero-order chi connectivity index (χ0) is 14.5. The van der Waals surface area contributed by atoms with Crippen molar-refractivity contribution in [1.29, 1.82) is 0 Å². The third-order valence-electron chi connectivity index (χ3n) is 3.13. The summed E-state index contributed by atoms with van der Waals surface area (Å²) in [5.74, 6) is -0.544. The van der Waals surface area contributed by atoms with Gasteiger partial charge in [0.15, 0.2) is 0 Å². The van der Waals surface area contributed by atoms with Crippen LogP contribution in [0.25, 0.3) is 0 Å². The molecule has 0 saturated carbocycles. The predicted octanol–water partition coefficient (Wildman–Crippen LogP) is 4.26. The summed E-state index contributed by atoms with van der Waals surface area (Å²) in [6.07, 6.45) is 0.801. The number of rotatable bonds is 5. The fourth-order valence-electron chi connectivity index (χ4n) is 2.11. The molecule has 2 aromatic rings. The fraction of sp³-hybridized carbons (Fsp3) is 0.250. The molecule has 0 aliphatic carbocycles. The number of nitrogens with one attached hydrogen (secondary N) is 1. The lowest BCUT2D eigenvalue weighted by Gasteiger charge is -2.08. The Kier molecular flexibility index (Phi) is 5.10. The molecule has 0 spiro atoms. The molecule has 1 nitrogen and oxygen atoms in total. The van der Waals surface area contributed by atoms with Gasteiger partial charge in [0.2, 0.25) is 0 Å². The van der Waals surface area contributed by atoms with Crippen LogP contribution in [0.3, 0.4) is 0 Å². The van der Waals surface area contributed by atoms with Crippen molar-refractivity contribution < 1.29 is 8.78 Å². The molecule has 0 saturated heterocycles. The molecule has 0 heterocycles. The second-order valence-electron chi connectivity index (χ2n) is 4.78. The van der Waals surface area contributed by atoms with Gasteiger partial charge in [0.1, 0.15) is 11.6 Å². The molecule has 4 heteroatoms. The monoisotopic (exact) mass is 295 g/mol. The predicted molar refractivity (Wildman–Crippen MR) is 78.0 cm³/mol. The Hall–Kier alpha value is -1.45. The lowest BCUT2D eigenvalue weighted by molar-refractivity contribution is 0.619. The number of hydrogen-bond donors (Lipinski definition) is 1. The maximum absolute atomic E-state index is 13.1. The van der Waals surface area contributed by atoms with Crippen molar-refractivity contribution in [3.05, 3.63) is 69.7 Å². The first-order valence-corrected chi connectivity index (χ1v) is 6.83. The highest BCUT2D eigenvalue weighted by atomic mass is 35.5. The lowest BCUT2D eigenvalue weighted by atomic mass is 10.1. The summed E-state index contributed by atoms with van der Waals surface area (Å²) in [5, 5.41) is 3.63. The van der Waals surface area contributed by atoms with E-state index >= 15 is 0 Å². The van der Waals surface area contributed by atoms with E-state index in [2.05, 4.69) is 5.32 Å². The molecule has 20 heavy (non-hydrogen) atoms. The minimum atomic E-state index is -0.330. The SMILES string of the molecule is Cc1cc(F)ccc1CCNCc1cc(F)cc(Cl)c1. The Labute approximate surface area is 122 Å². The van der Waals surface area contributed by atoms with Gasteiger partial charge in [-0.2, -0.15) is 0 Å². The zero-order valence-electron chi connectivity index (χ0n) is 11.2. The van der Waals surface area contributed by atoms with Gasteiger partial charge in [-0.3, -0.25) is 0 Å². The first-order chi connectivity index (χ1) is 9.54. The van der Waals surface area contributed by atoms with Crippen LogP contribution in [0.15, 0.2) is 36.4 Å². The van der Waals surface area contributed by atoms with E-state index in [0.29, 0.717) is 11.6 Å². The molecule has 0 bridgehead atoms. The van der Waals surface area contributed by atoms with Crippen LogP contribution in [-0.4, -0.2) is 6.54 Å². The molecule has 0 unspecified atom stereocenters. The van der Waals surface area contributed by atoms with E-state index in [4.69, 9.17) is 11.6 Å². The van der Waals surface area contributed by atoms with Crippen molar-refractivity contribution >= 4 is 11.6 Å². The molecule has 0 atom stereocenters. The number of aryl methyl sites for hydroxylation is 1. The van der Waals surface area contributed by atoms with Crippen LogP contribution in [0, 0.1) is 18.6 Å². The highest BCUT2D eigenvalue weighted by Gasteiger charge is 2.01. The maximum atomic E-state index is 13.1. The van der Waals surface area contributed by atoms with Crippen molar-refractivity contribution in [2.75, 3.05) is 6.54 Å². The summed E-state index contributed by atoms with van der Waals surface area (Å²) < 4.78 is 26.1. The molecule has 0 aliphatic rings. The molecule has 0 radical (unpaired) electrons. The smallest absolute Gasteiger partial charge is 0.125 e. The Morgan fingerprint density at radius 2 is 1.85 bits per heavy atom. The van der Waals surface area contributed by atoms with E-state index in [1.54, 1.807) is 12.1 Å². The average molecular weight is 296 g/mol. The molecule has 1 N–H and O–H groups in total. The molecule has 0 aliphatic heterocycles. The van der Waals surface area contributed by atoms with Crippen LogP contribution in [0.4, 0.5) is 8.78 Å². The van der Waals surface area contributed by atoms with Gasteiger partial charge in [0.25, 0.3) is 0 Å². The van der Waals surface area contributed by atoms with E-state index in [1.165, 1.54) is 24.3 Å². The summed E-state index contributed by atoms with van der Waals surface area (Å²) >= 11 is 5.79. The third kappa shape index (κ3) is 4.29. The maximum Gasteiger partial charge on any atom is 0.125 e. The van der Waals surface area contributed by atoms with E-state index < -0.39 is 0 Å². The Morgan fingerprint density at radius 3 is 2.55 bits per heavy atom. The van der Waals surface area contributed by atoms with Gasteiger partial charge >= 0.3 is 0 Å². The number of halogens is 3. The van der Waals surface area contributed by atoms with E-state index in [9.17, 15) is 8.78 Å². The van der Waals surface area contributed by atoms with Crippen LogP contribution in [0.2, 0.25) is 5.02 Å². The molecular weight excluding hydrogens is 280 g/mol. The third-order valence-corrected chi connectivity index (χ3v) is 3.35. The lowest BCUT2D eigenvalue weighted by Crippen LogP contribution is -2.17. The highest BCUT2D eigenvalue weighted by Crippen LogP contribution is 2.14. The van der Waals surface area contributed by atoms with Crippen LogP contribution in [0.1, 0.15) is 16.7 Å². The van der Waals surface area contributed by atoms with E-state index in [-0.39, 0.29) is 11.6 Å². The second kappa shape index (κ2) is 6.82. The molecule has 2 rings (SSSR count). The van der Waals surface area contributed by atoms with Gasteiger partial charge in [0, 0.05) is 11.6 Å². The van der Waals surface area contributed by atoms with Crippen LogP contribution in [-0.2, 0) is 13.0 Å². The first kappa shape index (κ1) is 14.9. The fourth-order valence-corrected chi connectivity index (χ4v) is 2.35. The molecular formula is C16H16ClF2N. The molecule has 106 valence electrons. The topological polar surface area (TPSA) is 12.0 Å². The van der Waals surface area contributed by atoms with Gasteiger partial charge in [-0.25, -0.2) is 8.78 Å². The van der Waals surface area contributed by atoms with Crippen molar-refractivity contribution in [2.24, 2.45) is 0 Å². The van der Waals surface area contributed by atoms with Gasteiger partial charge in [0.05, 0.1) is 0 Å². The summed E-state index contributed by atoms with van der Waals surface area (Å²) in [4.78, 5) is 0. The van der Waals surface area contributed by atoms with Crippen molar-refractivity contribution in [2.45, 2.75) is 19.9 Å². The van der Waals surface area contributed by atoms with Gasteiger partial charge in [-0.05, 0) is 66.9 Å². The number of hydrogen-bond acceptors (Lipinski definition) is 1. The van der Waals surface area contributed by atoms with Crippen LogP contribution >= 0.6 is 11.6 Å². The van der Waals surface area contributed by atoms with Crippen LogP contribution < -0.4 is 5.32 Å². The van der Waals surface area contributed by atoms with Crippen molar-refractivity contribution in [3.63, 3.8) is 0 Å². The summed E-state index contributed by atoms with van der Waals surface area (Å²) in [7, 11) is 0. The normalized spacial score (nSPS) is 10.8. The minimum Gasteiger partial charge on any atom is -0.312 e. The molecule has 0 amide bonds. The molecule has 0 fully saturated rings. The largest absolute Gasteiger partial charge is 0.312 e. The summed E-state index contributed by atoms with van der Waals surface area (Å²) in [6, 6.07) is 9.28. The van der Waals surface area contributed by atoms with Gasteiger partial charge in [-0.15, -0.1) is 0 Å². The zero-order valence-corrected chi connectivity index (χ0v) is 12.0. The van der Waals surface area contributed by atoms with Gasteiger partial charge < -0.3 is 5.32 Å². The van der Waals surface area contributed by atoms with Crippen LogP contribution in [0.5, 0.6) is 0 Å². The van der Waals surface area contributed by atoms with Crippen molar-refractivity contribution in [1.82, 2.24) is 5.32 Å². The Morgan fingerprint density at radius 1 is 1.05 bits per heavy atom. The average Bonchev–Trinajstić information content (AvgIpc) is 2.35. The standard InChI is InChI=1S/C16H16ClF2N/c1-11-6-15(18)3-2-13(11)4-5-20-10-12-7-14(17)9-16(19)8-12/h2-3,6-9,20H,4-5,10H2,1H3. The molecule has 2 aromatic carbocycles. The first-order valence-electron chi connectivity index (χ1n) is 6.45. The highest BCUT2D eigenvalue weighted by molar-refractivity contribution is 6.30. The Bertz CT molecular complexity index is 579. The Balaban J connectivity index is 1.84. The van der Waals surface area contributed by atoms with E-state index in [0.717, 1.165) is 29.7 Å². The second-order valence-corrected chi connectivity index (χ2v) is 5.21.